The van der Waals surface area contributed by atoms with E-state index >= 15 is 0 Å². The molecule has 0 aliphatic rings. The van der Waals surface area contributed by atoms with Crippen LogP contribution in [0.4, 0.5) is 0 Å². The summed E-state index contributed by atoms with van der Waals surface area (Å²) in [6.07, 6.45) is 0. The molecule has 0 unspecified atom stereocenters. The van der Waals surface area contributed by atoms with Gasteiger partial charge in [0.2, 0.25) is 0 Å². The number of aromatic nitrogens is 1. The summed E-state index contributed by atoms with van der Waals surface area (Å²) in [6.45, 7) is 1.88. The van der Waals surface area contributed by atoms with Gasteiger partial charge in [0.15, 0.2) is 5.58 Å². The topological polar surface area (TPSA) is 46.3 Å². The predicted octanol–water partition coefficient (Wildman–Crippen LogP) is 1.63. The van der Waals surface area contributed by atoms with Crippen LogP contribution in [0.25, 0.3) is 11.0 Å². The number of hydrogen-bond acceptors (Lipinski definition) is 3. The Morgan fingerprint density at radius 3 is 3.08 bits per heavy atom. The van der Waals surface area contributed by atoms with E-state index in [1.165, 1.54) is 0 Å². The molecule has 0 aliphatic heterocycles. The van der Waals surface area contributed by atoms with Crippen LogP contribution in [0.5, 0.6) is 0 Å². The molecule has 0 amide bonds. The normalized spacial score (nSPS) is 10.8. The van der Waals surface area contributed by atoms with E-state index in [4.69, 9.17) is 9.63 Å². The summed E-state index contributed by atoms with van der Waals surface area (Å²) in [4.78, 5) is 0. The first-order chi connectivity index (χ1) is 5.83. The summed E-state index contributed by atoms with van der Waals surface area (Å²) in [7, 11) is 0. The van der Waals surface area contributed by atoms with Gasteiger partial charge in [-0.05, 0) is 18.6 Å². The number of aliphatic hydroxyl groups excluding tert-OH is 1. The molecule has 0 spiro atoms. The summed E-state index contributed by atoms with van der Waals surface area (Å²) in [6, 6.07) is 5.77. The minimum Gasteiger partial charge on any atom is -0.390 e. The molecular weight excluding hydrogens is 154 g/mol. The lowest BCUT2D eigenvalue weighted by atomic mass is 10.1. The Hall–Kier alpha value is -1.35. The maximum absolute atomic E-state index is 8.89. The minimum atomic E-state index is -0.0730. The van der Waals surface area contributed by atoms with E-state index < -0.39 is 0 Å². The van der Waals surface area contributed by atoms with Crippen molar-refractivity contribution in [2.45, 2.75) is 13.5 Å². The zero-order valence-corrected chi connectivity index (χ0v) is 6.74. The van der Waals surface area contributed by atoms with Gasteiger partial charge in [-0.25, -0.2) is 0 Å². The lowest BCUT2D eigenvalue weighted by Crippen LogP contribution is -1.81. The third-order valence-corrected chi connectivity index (χ3v) is 1.92. The van der Waals surface area contributed by atoms with Crippen LogP contribution >= 0.6 is 0 Å². The van der Waals surface area contributed by atoms with Gasteiger partial charge in [0.1, 0.15) is 5.69 Å². The fourth-order valence-electron chi connectivity index (χ4n) is 1.26. The Balaban J connectivity index is 2.80. The minimum absolute atomic E-state index is 0.0730. The number of benzene rings is 1. The summed E-state index contributed by atoms with van der Waals surface area (Å²) in [5.74, 6) is 0. The largest absolute Gasteiger partial charge is 0.390 e. The fraction of sp³-hybridized carbons (Fsp3) is 0.222. The Bertz CT molecular complexity index is 406. The van der Waals surface area contributed by atoms with Gasteiger partial charge < -0.3 is 9.63 Å². The second kappa shape index (κ2) is 2.60. The van der Waals surface area contributed by atoms with Crippen LogP contribution < -0.4 is 0 Å². The molecule has 3 heteroatoms. The highest BCUT2D eigenvalue weighted by atomic mass is 16.5. The van der Waals surface area contributed by atoms with Crippen LogP contribution in [0.3, 0.4) is 0 Å². The second-order valence-corrected chi connectivity index (χ2v) is 2.74. The Labute approximate surface area is 69.6 Å². The number of aliphatic hydroxyl groups is 1. The maximum atomic E-state index is 8.89. The van der Waals surface area contributed by atoms with Crippen molar-refractivity contribution in [3.63, 3.8) is 0 Å². The van der Waals surface area contributed by atoms with E-state index in [1.54, 1.807) is 0 Å². The number of fused-ring (bicyclic) bond motifs is 1. The monoisotopic (exact) mass is 163 g/mol. The van der Waals surface area contributed by atoms with Crippen LogP contribution in [0.2, 0.25) is 0 Å². The van der Waals surface area contributed by atoms with Crippen molar-refractivity contribution in [1.82, 2.24) is 5.16 Å². The van der Waals surface area contributed by atoms with Crippen LogP contribution in [0, 0.1) is 6.92 Å². The molecule has 1 aromatic heterocycles. The third-order valence-electron chi connectivity index (χ3n) is 1.92. The van der Waals surface area contributed by atoms with Crippen molar-refractivity contribution in [2.75, 3.05) is 0 Å². The smallest absolute Gasteiger partial charge is 0.170 e. The number of aryl methyl sites for hydroxylation is 1. The molecule has 1 aromatic carbocycles. The van der Waals surface area contributed by atoms with Crippen LogP contribution in [-0.4, -0.2) is 10.3 Å². The molecule has 0 saturated heterocycles. The molecule has 0 radical (unpaired) electrons. The van der Waals surface area contributed by atoms with Crippen molar-refractivity contribution in [3.05, 3.63) is 29.5 Å². The maximum Gasteiger partial charge on any atom is 0.170 e. The van der Waals surface area contributed by atoms with Crippen molar-refractivity contribution >= 4 is 11.0 Å². The highest BCUT2D eigenvalue weighted by molar-refractivity contribution is 5.81. The van der Waals surface area contributed by atoms with Crippen molar-refractivity contribution < 1.29 is 9.63 Å². The molecule has 12 heavy (non-hydrogen) atoms. The zero-order chi connectivity index (χ0) is 8.55. The van der Waals surface area contributed by atoms with E-state index in [1.807, 2.05) is 25.1 Å². The number of hydrogen-bond donors (Lipinski definition) is 1. The summed E-state index contributed by atoms with van der Waals surface area (Å²) in [5, 5.41) is 13.5. The van der Waals surface area contributed by atoms with Crippen molar-refractivity contribution in [2.24, 2.45) is 0 Å². The summed E-state index contributed by atoms with van der Waals surface area (Å²) < 4.78 is 5.06. The van der Waals surface area contributed by atoms with Crippen LogP contribution in [0.1, 0.15) is 11.3 Å². The first-order valence-electron chi connectivity index (χ1n) is 3.77. The van der Waals surface area contributed by atoms with Gasteiger partial charge in [-0.3, -0.25) is 0 Å². The molecule has 2 aromatic rings. The molecule has 0 fully saturated rings. The van der Waals surface area contributed by atoms with Crippen LogP contribution in [-0.2, 0) is 6.61 Å². The Morgan fingerprint density at radius 2 is 2.33 bits per heavy atom. The number of para-hydroxylation sites is 1. The van der Waals surface area contributed by atoms with Crippen LogP contribution in [0.15, 0.2) is 22.7 Å². The highest BCUT2D eigenvalue weighted by Crippen LogP contribution is 2.21. The SMILES string of the molecule is Cc1cccc2c(CO)noc12. The molecule has 1 N–H and O–H groups in total. The van der Waals surface area contributed by atoms with Gasteiger partial charge in [0.05, 0.1) is 6.61 Å². The third kappa shape index (κ3) is 0.905. The van der Waals surface area contributed by atoms with Crippen molar-refractivity contribution in [1.29, 1.82) is 0 Å². The van der Waals surface area contributed by atoms with E-state index in [0.717, 1.165) is 16.5 Å². The second-order valence-electron chi connectivity index (χ2n) is 2.74. The lowest BCUT2D eigenvalue weighted by Gasteiger charge is -1.91. The number of nitrogens with zero attached hydrogens (tertiary/aromatic N) is 1. The average molecular weight is 163 g/mol. The molecule has 62 valence electrons. The molecule has 1 heterocycles. The first-order valence-corrected chi connectivity index (χ1v) is 3.77. The van der Waals surface area contributed by atoms with Gasteiger partial charge in [-0.2, -0.15) is 0 Å². The molecule has 3 nitrogen and oxygen atoms in total. The predicted molar refractivity (Wildman–Crippen MR) is 44.7 cm³/mol. The molecule has 2 rings (SSSR count). The van der Waals surface area contributed by atoms with E-state index in [9.17, 15) is 0 Å². The van der Waals surface area contributed by atoms with Gasteiger partial charge in [0.25, 0.3) is 0 Å². The fourth-order valence-corrected chi connectivity index (χ4v) is 1.26. The van der Waals surface area contributed by atoms with E-state index in [-0.39, 0.29) is 6.61 Å². The summed E-state index contributed by atoms with van der Waals surface area (Å²) in [5.41, 5.74) is 2.41. The van der Waals surface area contributed by atoms with Gasteiger partial charge >= 0.3 is 0 Å². The van der Waals surface area contributed by atoms with Gasteiger partial charge in [0, 0.05) is 5.39 Å². The number of rotatable bonds is 1. The Morgan fingerprint density at radius 1 is 1.50 bits per heavy atom. The van der Waals surface area contributed by atoms with E-state index in [0.29, 0.717) is 5.69 Å². The standard InChI is InChI=1S/C9H9NO2/c1-6-3-2-4-7-8(5-11)10-12-9(6)7/h2-4,11H,5H2,1H3. The zero-order valence-electron chi connectivity index (χ0n) is 6.74. The molecule has 0 saturated carbocycles. The van der Waals surface area contributed by atoms with Crippen molar-refractivity contribution in [3.8, 4) is 0 Å². The quantitative estimate of drug-likeness (QED) is 0.695. The molecule has 0 aliphatic carbocycles. The average Bonchev–Trinajstić information content (AvgIpc) is 2.49. The van der Waals surface area contributed by atoms with Gasteiger partial charge in [-0.1, -0.05) is 17.3 Å². The molecular formula is C9H9NO2. The highest BCUT2D eigenvalue weighted by Gasteiger charge is 2.07. The molecule has 0 bridgehead atoms. The first kappa shape index (κ1) is 7.31. The van der Waals surface area contributed by atoms with Gasteiger partial charge in [-0.15, -0.1) is 0 Å². The Kier molecular flexibility index (Phi) is 1.59. The summed E-state index contributed by atoms with van der Waals surface area (Å²) >= 11 is 0. The lowest BCUT2D eigenvalue weighted by molar-refractivity contribution is 0.269. The molecule has 0 atom stereocenters. The van der Waals surface area contributed by atoms with E-state index in [2.05, 4.69) is 5.16 Å².